The fourth-order valence-electron chi connectivity index (χ4n) is 0.945. The average Bonchev–Trinajstić information content (AvgIpc) is 2.15. The molecular formula is C8H14N2O5. The van der Waals surface area contributed by atoms with Crippen molar-refractivity contribution in [3.05, 3.63) is 0 Å². The second-order valence-corrected chi connectivity index (χ2v) is 2.90. The molecule has 0 bridgehead atoms. The molecule has 0 saturated heterocycles. The summed E-state index contributed by atoms with van der Waals surface area (Å²) in [7, 11) is 1.37. The number of rotatable bonds is 6. The number of hydrogen-bond acceptors (Lipinski definition) is 3. The molecule has 0 aromatic rings. The van der Waals surface area contributed by atoms with Crippen LogP contribution in [0.1, 0.15) is 19.3 Å². The van der Waals surface area contributed by atoms with Crippen molar-refractivity contribution in [2.45, 2.75) is 25.3 Å². The van der Waals surface area contributed by atoms with Gasteiger partial charge in [-0.2, -0.15) is 0 Å². The molecule has 15 heavy (non-hydrogen) atoms. The predicted molar refractivity (Wildman–Crippen MR) is 50.5 cm³/mol. The Hall–Kier alpha value is -1.79. The Morgan fingerprint density at radius 2 is 1.87 bits per heavy atom. The monoisotopic (exact) mass is 218 g/mol. The van der Waals surface area contributed by atoms with E-state index in [4.69, 9.17) is 10.2 Å². The van der Waals surface area contributed by atoms with Gasteiger partial charge in [0.25, 0.3) is 0 Å². The Morgan fingerprint density at radius 3 is 2.27 bits per heavy atom. The summed E-state index contributed by atoms with van der Waals surface area (Å²) in [5, 5.41) is 21.5. The minimum Gasteiger partial charge on any atom is -0.481 e. The van der Waals surface area contributed by atoms with Gasteiger partial charge in [0.05, 0.1) is 0 Å². The maximum Gasteiger partial charge on any atom is 0.326 e. The number of urea groups is 1. The average molecular weight is 218 g/mol. The van der Waals surface area contributed by atoms with Gasteiger partial charge in [-0.15, -0.1) is 0 Å². The van der Waals surface area contributed by atoms with Crippen molar-refractivity contribution in [1.82, 2.24) is 10.6 Å². The molecule has 0 spiro atoms. The number of carbonyl (C=O) groups excluding carboxylic acids is 1. The van der Waals surface area contributed by atoms with Crippen LogP contribution in [-0.2, 0) is 9.59 Å². The van der Waals surface area contributed by atoms with Crippen molar-refractivity contribution in [2.75, 3.05) is 7.05 Å². The van der Waals surface area contributed by atoms with Crippen LogP contribution in [0.4, 0.5) is 4.79 Å². The molecule has 0 aliphatic carbocycles. The van der Waals surface area contributed by atoms with Gasteiger partial charge in [0, 0.05) is 13.5 Å². The maximum atomic E-state index is 10.8. The van der Waals surface area contributed by atoms with Crippen LogP contribution in [0.15, 0.2) is 0 Å². The molecule has 0 aromatic heterocycles. The van der Waals surface area contributed by atoms with E-state index in [1.165, 1.54) is 7.05 Å². The minimum atomic E-state index is -1.18. The van der Waals surface area contributed by atoms with E-state index in [0.717, 1.165) is 0 Å². The number of hydrogen-bond donors (Lipinski definition) is 4. The zero-order valence-corrected chi connectivity index (χ0v) is 8.32. The molecule has 7 nitrogen and oxygen atoms in total. The van der Waals surface area contributed by atoms with Crippen LogP contribution in [-0.4, -0.2) is 41.3 Å². The van der Waals surface area contributed by atoms with Crippen LogP contribution in [0.2, 0.25) is 0 Å². The van der Waals surface area contributed by atoms with Gasteiger partial charge in [0.15, 0.2) is 0 Å². The molecule has 0 rings (SSSR count). The van der Waals surface area contributed by atoms with E-state index in [1.807, 2.05) is 0 Å². The summed E-state index contributed by atoms with van der Waals surface area (Å²) in [5.74, 6) is -2.16. The normalized spacial score (nSPS) is 11.5. The summed E-state index contributed by atoms with van der Waals surface area (Å²) in [6, 6.07) is -1.65. The van der Waals surface area contributed by atoms with E-state index in [-0.39, 0.29) is 19.3 Å². The van der Waals surface area contributed by atoms with Crippen LogP contribution in [0.25, 0.3) is 0 Å². The van der Waals surface area contributed by atoms with Crippen molar-refractivity contribution in [3.63, 3.8) is 0 Å². The highest BCUT2D eigenvalue weighted by Gasteiger charge is 2.18. The zero-order chi connectivity index (χ0) is 11.8. The summed E-state index contributed by atoms with van der Waals surface area (Å²) in [5.41, 5.74) is 0. The number of nitrogens with one attached hydrogen (secondary N) is 2. The quantitative estimate of drug-likeness (QED) is 0.485. The number of aliphatic carboxylic acids is 2. The van der Waals surface area contributed by atoms with Crippen LogP contribution < -0.4 is 10.6 Å². The Kier molecular flexibility index (Phi) is 5.84. The molecule has 0 aromatic carbocycles. The first-order valence-electron chi connectivity index (χ1n) is 4.40. The standard InChI is InChI=1S/C8H14N2O5/c1-9-8(15)10-5(7(13)14)3-2-4-6(11)12/h5H,2-4H2,1H3,(H,11,12)(H,13,14)(H2,9,10,15)/t5-/m1/s1. The van der Waals surface area contributed by atoms with Crippen LogP contribution in [0.3, 0.4) is 0 Å². The third-order valence-electron chi connectivity index (χ3n) is 1.71. The third-order valence-corrected chi connectivity index (χ3v) is 1.71. The molecule has 4 N–H and O–H groups in total. The third kappa shape index (κ3) is 6.30. The molecule has 7 heteroatoms. The Balaban J connectivity index is 4.00. The molecule has 0 fully saturated rings. The van der Waals surface area contributed by atoms with Gasteiger partial charge < -0.3 is 20.8 Å². The van der Waals surface area contributed by atoms with E-state index in [0.29, 0.717) is 0 Å². The van der Waals surface area contributed by atoms with Gasteiger partial charge in [-0.3, -0.25) is 4.79 Å². The molecule has 0 aliphatic heterocycles. The molecular weight excluding hydrogens is 204 g/mol. The molecule has 0 aliphatic rings. The van der Waals surface area contributed by atoms with E-state index in [1.54, 1.807) is 0 Å². The van der Waals surface area contributed by atoms with E-state index < -0.39 is 24.0 Å². The highest BCUT2D eigenvalue weighted by molar-refractivity contribution is 5.82. The Bertz CT molecular complexity index is 253. The van der Waals surface area contributed by atoms with Crippen LogP contribution in [0.5, 0.6) is 0 Å². The Labute approximate surface area is 86.5 Å². The number of carboxylic acids is 2. The lowest BCUT2D eigenvalue weighted by molar-refractivity contribution is -0.140. The lowest BCUT2D eigenvalue weighted by Crippen LogP contribution is -2.44. The fraction of sp³-hybridized carbons (Fsp3) is 0.625. The summed E-state index contributed by atoms with van der Waals surface area (Å²) in [4.78, 5) is 31.6. The molecule has 0 unspecified atom stereocenters. The smallest absolute Gasteiger partial charge is 0.326 e. The van der Waals surface area contributed by atoms with Crippen LogP contribution >= 0.6 is 0 Å². The van der Waals surface area contributed by atoms with Gasteiger partial charge in [-0.25, -0.2) is 9.59 Å². The molecule has 86 valence electrons. The predicted octanol–water partition coefficient (Wildman–Crippen LogP) is -0.376. The van der Waals surface area contributed by atoms with Crippen molar-refractivity contribution in [3.8, 4) is 0 Å². The van der Waals surface area contributed by atoms with E-state index >= 15 is 0 Å². The Morgan fingerprint density at radius 1 is 1.27 bits per heavy atom. The molecule has 2 amide bonds. The summed E-state index contributed by atoms with van der Waals surface area (Å²) in [6.07, 6.45) is 0.185. The van der Waals surface area contributed by atoms with Crippen LogP contribution in [0, 0.1) is 0 Å². The first kappa shape index (κ1) is 13.2. The summed E-state index contributed by atoms with van der Waals surface area (Å²) >= 11 is 0. The lowest BCUT2D eigenvalue weighted by Gasteiger charge is -2.13. The van der Waals surface area contributed by atoms with Gasteiger partial charge in [0.1, 0.15) is 6.04 Å². The van der Waals surface area contributed by atoms with Gasteiger partial charge in [0.2, 0.25) is 0 Å². The topological polar surface area (TPSA) is 116 Å². The number of amides is 2. The first-order valence-corrected chi connectivity index (χ1v) is 4.40. The van der Waals surface area contributed by atoms with Crippen molar-refractivity contribution >= 4 is 18.0 Å². The molecule has 0 saturated carbocycles. The summed E-state index contributed by atoms with van der Waals surface area (Å²) in [6.45, 7) is 0. The largest absolute Gasteiger partial charge is 0.481 e. The maximum absolute atomic E-state index is 10.8. The number of carbonyl (C=O) groups is 3. The first-order chi connectivity index (χ1) is 6.97. The van der Waals surface area contributed by atoms with Gasteiger partial charge in [-0.1, -0.05) is 0 Å². The van der Waals surface area contributed by atoms with E-state index in [2.05, 4.69) is 10.6 Å². The van der Waals surface area contributed by atoms with E-state index in [9.17, 15) is 14.4 Å². The fourth-order valence-corrected chi connectivity index (χ4v) is 0.945. The van der Waals surface area contributed by atoms with Crippen molar-refractivity contribution in [1.29, 1.82) is 0 Å². The molecule has 1 atom stereocenters. The van der Waals surface area contributed by atoms with Gasteiger partial charge in [-0.05, 0) is 12.8 Å². The van der Waals surface area contributed by atoms with Crippen molar-refractivity contribution < 1.29 is 24.6 Å². The van der Waals surface area contributed by atoms with Crippen molar-refractivity contribution in [2.24, 2.45) is 0 Å². The lowest BCUT2D eigenvalue weighted by atomic mass is 10.1. The summed E-state index contributed by atoms with van der Waals surface area (Å²) < 4.78 is 0. The highest BCUT2D eigenvalue weighted by Crippen LogP contribution is 2.01. The molecule has 0 heterocycles. The second-order valence-electron chi connectivity index (χ2n) is 2.90. The SMILES string of the molecule is CNC(=O)N[C@H](CCCC(=O)O)C(=O)O. The van der Waals surface area contributed by atoms with Gasteiger partial charge >= 0.3 is 18.0 Å². The molecule has 0 radical (unpaired) electrons. The minimum absolute atomic E-state index is 0.0923. The zero-order valence-electron chi connectivity index (χ0n) is 8.32. The second kappa shape index (κ2) is 6.63. The highest BCUT2D eigenvalue weighted by atomic mass is 16.4. The number of carboxylic acid groups (broad SMARTS) is 2.